The minimum absolute atomic E-state index is 0.128. The summed E-state index contributed by atoms with van der Waals surface area (Å²) in [6, 6.07) is 12.8. The summed E-state index contributed by atoms with van der Waals surface area (Å²) in [6.45, 7) is 2.39. The van der Waals surface area contributed by atoms with Crippen LogP contribution in [0.15, 0.2) is 69.2 Å². The zero-order valence-corrected chi connectivity index (χ0v) is 17.6. The van der Waals surface area contributed by atoms with Crippen LogP contribution in [-0.2, 0) is 4.79 Å². The number of likely N-dealkylation sites (N-methyl/N-ethyl adjacent to an activating group) is 1. The molecule has 5 nitrogen and oxygen atoms in total. The number of pyridine rings is 1. The molecule has 1 aromatic carbocycles. The third-order valence-electron chi connectivity index (χ3n) is 4.21. The smallest absolute Gasteiger partial charge is 0.266 e. The zero-order chi connectivity index (χ0) is 20.4. The highest BCUT2D eigenvalue weighted by molar-refractivity contribution is 8.18. The molecule has 2 aromatic heterocycles. The van der Waals surface area contributed by atoms with Gasteiger partial charge in [0.15, 0.2) is 5.17 Å². The fourth-order valence-electron chi connectivity index (χ4n) is 2.80. The van der Waals surface area contributed by atoms with Gasteiger partial charge in [0.05, 0.1) is 20.6 Å². The maximum absolute atomic E-state index is 12.8. The summed E-state index contributed by atoms with van der Waals surface area (Å²) in [5.74, 6) is 1.08. The number of aromatic nitrogens is 1. The van der Waals surface area contributed by atoms with Gasteiger partial charge < -0.3 is 4.42 Å². The van der Waals surface area contributed by atoms with E-state index in [2.05, 4.69) is 9.98 Å². The highest BCUT2D eigenvalue weighted by atomic mass is 35.5. The van der Waals surface area contributed by atoms with Crippen LogP contribution in [0.25, 0.3) is 17.4 Å². The van der Waals surface area contributed by atoms with Crippen molar-refractivity contribution >= 4 is 57.8 Å². The lowest BCUT2D eigenvalue weighted by Crippen LogP contribution is -2.28. The summed E-state index contributed by atoms with van der Waals surface area (Å²) in [5, 5.41) is 1.60. The monoisotopic (exact) mass is 443 g/mol. The predicted octanol–water partition coefficient (Wildman–Crippen LogP) is 6.27. The lowest BCUT2D eigenvalue weighted by atomic mass is 10.2. The van der Waals surface area contributed by atoms with Crippen molar-refractivity contribution in [2.45, 2.75) is 6.92 Å². The van der Waals surface area contributed by atoms with Crippen molar-refractivity contribution in [3.8, 4) is 11.3 Å². The largest absolute Gasteiger partial charge is 0.457 e. The number of amides is 1. The maximum Gasteiger partial charge on any atom is 0.266 e. The van der Waals surface area contributed by atoms with Gasteiger partial charge in [-0.15, -0.1) is 0 Å². The molecule has 1 aliphatic heterocycles. The number of aliphatic imine (C=N–C) groups is 1. The molecule has 1 amide bonds. The van der Waals surface area contributed by atoms with Gasteiger partial charge in [0.25, 0.3) is 5.91 Å². The van der Waals surface area contributed by atoms with Gasteiger partial charge in [-0.25, -0.2) is 4.99 Å². The number of halogens is 2. The normalized spacial score (nSPS) is 16.9. The van der Waals surface area contributed by atoms with Crippen molar-refractivity contribution in [1.29, 1.82) is 0 Å². The van der Waals surface area contributed by atoms with Crippen molar-refractivity contribution in [1.82, 2.24) is 9.88 Å². The molecule has 1 fully saturated rings. The standard InChI is InChI=1S/C21H15Cl2N3O2S/c1-2-26-20(27)19(29-21(26)25-17-9-10-24-12-16(17)23)11-13-7-8-18(28-13)14-5-3-4-6-15(14)22/h3-12H,2H2,1H3/b19-11+,25-21?. The van der Waals surface area contributed by atoms with Crippen LogP contribution in [0.2, 0.25) is 10.0 Å². The maximum atomic E-state index is 12.8. The number of amidine groups is 1. The number of benzene rings is 1. The van der Waals surface area contributed by atoms with Crippen LogP contribution in [0.3, 0.4) is 0 Å². The van der Waals surface area contributed by atoms with Gasteiger partial charge in [-0.05, 0) is 49.0 Å². The third-order valence-corrected chi connectivity index (χ3v) is 5.84. The minimum Gasteiger partial charge on any atom is -0.457 e. The van der Waals surface area contributed by atoms with Gasteiger partial charge in [-0.1, -0.05) is 35.3 Å². The van der Waals surface area contributed by atoms with Gasteiger partial charge >= 0.3 is 0 Å². The molecule has 0 unspecified atom stereocenters. The van der Waals surface area contributed by atoms with Gasteiger partial charge in [0.2, 0.25) is 0 Å². The first-order valence-corrected chi connectivity index (χ1v) is 10.4. The van der Waals surface area contributed by atoms with Crippen LogP contribution < -0.4 is 0 Å². The third kappa shape index (κ3) is 4.10. The molecular weight excluding hydrogens is 429 g/mol. The SMILES string of the molecule is CCN1C(=O)/C(=C\c2ccc(-c3ccccc3Cl)o2)SC1=Nc1ccncc1Cl. The van der Waals surface area contributed by atoms with Crippen LogP contribution in [0.4, 0.5) is 5.69 Å². The second-order valence-corrected chi connectivity index (χ2v) is 7.89. The summed E-state index contributed by atoms with van der Waals surface area (Å²) in [4.78, 5) is 23.4. The Morgan fingerprint density at radius 3 is 2.76 bits per heavy atom. The Bertz CT molecular complexity index is 1140. The molecule has 0 radical (unpaired) electrons. The number of hydrogen-bond donors (Lipinski definition) is 0. The molecule has 8 heteroatoms. The second-order valence-electron chi connectivity index (χ2n) is 6.06. The van der Waals surface area contributed by atoms with E-state index in [1.807, 2.05) is 37.3 Å². The number of nitrogens with zero attached hydrogens (tertiary/aromatic N) is 3. The quantitative estimate of drug-likeness (QED) is 0.445. The number of furan rings is 1. The Hall–Kier alpha value is -2.54. The number of thioether (sulfide) groups is 1. The molecular formula is C21H15Cl2N3O2S. The van der Waals surface area contributed by atoms with E-state index in [-0.39, 0.29) is 5.91 Å². The lowest BCUT2D eigenvalue weighted by molar-refractivity contribution is -0.122. The molecule has 3 heterocycles. The first-order chi connectivity index (χ1) is 14.1. The van der Waals surface area contributed by atoms with Gasteiger partial charge in [0, 0.05) is 30.6 Å². The molecule has 3 aromatic rings. The van der Waals surface area contributed by atoms with E-state index in [0.29, 0.717) is 43.9 Å². The summed E-state index contributed by atoms with van der Waals surface area (Å²) in [7, 11) is 0. The first-order valence-electron chi connectivity index (χ1n) is 8.81. The summed E-state index contributed by atoms with van der Waals surface area (Å²) in [6.07, 6.45) is 4.85. The Labute approximate surface area is 182 Å². The molecule has 146 valence electrons. The Balaban J connectivity index is 1.64. The average Bonchev–Trinajstić information content (AvgIpc) is 3.29. The zero-order valence-electron chi connectivity index (χ0n) is 15.3. The molecule has 4 rings (SSSR count). The molecule has 1 saturated heterocycles. The Morgan fingerprint density at radius 1 is 1.17 bits per heavy atom. The molecule has 1 aliphatic rings. The molecule has 0 spiro atoms. The number of carbonyl (C=O) groups is 1. The second kappa shape index (κ2) is 8.45. The topological polar surface area (TPSA) is 58.7 Å². The van der Waals surface area contributed by atoms with Crippen LogP contribution in [0, 0.1) is 0 Å². The molecule has 0 N–H and O–H groups in total. The minimum atomic E-state index is -0.128. The first kappa shape index (κ1) is 19.8. The van der Waals surface area contributed by atoms with Gasteiger partial charge in [-0.3, -0.25) is 14.7 Å². The molecule has 0 atom stereocenters. The van der Waals surface area contributed by atoms with Gasteiger partial charge in [-0.2, -0.15) is 0 Å². The van der Waals surface area contributed by atoms with E-state index in [1.165, 1.54) is 18.0 Å². The van der Waals surface area contributed by atoms with Crippen molar-refractivity contribution in [3.05, 3.63) is 75.6 Å². The highest BCUT2D eigenvalue weighted by Gasteiger charge is 2.32. The van der Waals surface area contributed by atoms with E-state index in [9.17, 15) is 4.79 Å². The summed E-state index contributed by atoms with van der Waals surface area (Å²) >= 11 is 13.7. The van der Waals surface area contributed by atoms with Crippen molar-refractivity contribution in [2.24, 2.45) is 4.99 Å². The van der Waals surface area contributed by atoms with E-state index >= 15 is 0 Å². The fraction of sp³-hybridized carbons (Fsp3) is 0.0952. The van der Waals surface area contributed by atoms with E-state index in [1.54, 1.807) is 29.3 Å². The summed E-state index contributed by atoms with van der Waals surface area (Å²) in [5.41, 5.74) is 1.37. The molecule has 0 saturated carbocycles. The van der Waals surface area contributed by atoms with Gasteiger partial charge in [0.1, 0.15) is 11.5 Å². The number of rotatable bonds is 4. The van der Waals surface area contributed by atoms with Crippen LogP contribution >= 0.6 is 35.0 Å². The van der Waals surface area contributed by atoms with Crippen LogP contribution in [-0.4, -0.2) is 27.5 Å². The van der Waals surface area contributed by atoms with E-state index in [0.717, 1.165) is 5.56 Å². The van der Waals surface area contributed by atoms with E-state index < -0.39 is 0 Å². The highest BCUT2D eigenvalue weighted by Crippen LogP contribution is 2.36. The number of carbonyl (C=O) groups excluding carboxylic acids is 1. The molecule has 0 aliphatic carbocycles. The fourth-order valence-corrected chi connectivity index (χ4v) is 4.22. The van der Waals surface area contributed by atoms with Crippen LogP contribution in [0.1, 0.15) is 12.7 Å². The molecule has 29 heavy (non-hydrogen) atoms. The van der Waals surface area contributed by atoms with E-state index in [4.69, 9.17) is 27.6 Å². The van der Waals surface area contributed by atoms with Crippen LogP contribution in [0.5, 0.6) is 0 Å². The predicted molar refractivity (Wildman–Crippen MR) is 118 cm³/mol. The van der Waals surface area contributed by atoms with Crippen molar-refractivity contribution in [2.75, 3.05) is 6.54 Å². The lowest BCUT2D eigenvalue weighted by Gasteiger charge is -2.12. The Morgan fingerprint density at radius 2 is 2.00 bits per heavy atom. The summed E-state index contributed by atoms with van der Waals surface area (Å²) < 4.78 is 5.89. The average molecular weight is 444 g/mol. The Kier molecular flexibility index (Phi) is 5.76. The molecule has 0 bridgehead atoms. The van der Waals surface area contributed by atoms with Crippen molar-refractivity contribution < 1.29 is 9.21 Å². The number of hydrogen-bond acceptors (Lipinski definition) is 5. The van der Waals surface area contributed by atoms with Crippen molar-refractivity contribution in [3.63, 3.8) is 0 Å².